The summed E-state index contributed by atoms with van der Waals surface area (Å²) in [6.45, 7) is 2.85. The minimum Gasteiger partial charge on any atom is -0.335 e. The first kappa shape index (κ1) is 13.1. The summed E-state index contributed by atoms with van der Waals surface area (Å²) < 4.78 is 15.7. The van der Waals surface area contributed by atoms with Gasteiger partial charge in [-0.25, -0.2) is 9.37 Å². The summed E-state index contributed by atoms with van der Waals surface area (Å²) in [6, 6.07) is 4.13. The maximum Gasteiger partial charge on any atom is 0.129 e. The Morgan fingerprint density at radius 1 is 1.50 bits per heavy atom. The lowest BCUT2D eigenvalue weighted by molar-refractivity contribution is 0.565. The number of halogens is 2. The maximum absolute atomic E-state index is 13.7. The van der Waals surface area contributed by atoms with Crippen LogP contribution in [0, 0.1) is 5.82 Å². The monoisotopic (exact) mass is 267 g/mol. The van der Waals surface area contributed by atoms with Gasteiger partial charge in [-0.15, -0.1) is 0 Å². The third-order valence-corrected chi connectivity index (χ3v) is 3.14. The third-order valence-electron chi connectivity index (χ3n) is 2.91. The van der Waals surface area contributed by atoms with Gasteiger partial charge in [0.15, 0.2) is 0 Å². The van der Waals surface area contributed by atoms with Gasteiger partial charge in [0.05, 0.1) is 0 Å². The summed E-state index contributed by atoms with van der Waals surface area (Å²) in [5, 5.41) is 0.374. The van der Waals surface area contributed by atoms with Gasteiger partial charge >= 0.3 is 0 Å². The second-order valence-corrected chi connectivity index (χ2v) is 4.54. The normalized spacial score (nSPS) is 12.7. The van der Waals surface area contributed by atoms with Crippen molar-refractivity contribution in [3.8, 4) is 0 Å². The van der Waals surface area contributed by atoms with Crippen LogP contribution in [0.1, 0.15) is 24.4 Å². The number of aryl methyl sites for hydroxylation is 1. The van der Waals surface area contributed by atoms with Crippen LogP contribution in [0.3, 0.4) is 0 Å². The lowest BCUT2D eigenvalue weighted by Crippen LogP contribution is -2.17. The predicted molar refractivity (Wildman–Crippen MR) is 69.9 cm³/mol. The average Bonchev–Trinajstić information content (AvgIpc) is 2.76. The molecule has 0 amide bonds. The maximum atomic E-state index is 13.7. The van der Waals surface area contributed by atoms with E-state index in [1.807, 2.05) is 17.7 Å². The molecular formula is C13H15ClFN3. The molecular weight excluding hydrogens is 253 g/mol. The van der Waals surface area contributed by atoms with Gasteiger partial charge in [-0.3, -0.25) is 0 Å². The summed E-state index contributed by atoms with van der Waals surface area (Å²) in [4.78, 5) is 4.23. The van der Waals surface area contributed by atoms with Crippen molar-refractivity contribution in [3.63, 3.8) is 0 Å². The van der Waals surface area contributed by atoms with Gasteiger partial charge in [0.25, 0.3) is 0 Å². The Labute approximate surface area is 110 Å². The molecule has 1 aromatic carbocycles. The number of imidazole rings is 1. The zero-order valence-electron chi connectivity index (χ0n) is 10.1. The highest BCUT2D eigenvalue weighted by molar-refractivity contribution is 6.30. The fourth-order valence-corrected chi connectivity index (χ4v) is 2.09. The molecule has 2 aromatic rings. The van der Waals surface area contributed by atoms with Gasteiger partial charge in [0, 0.05) is 42.0 Å². The first-order valence-electron chi connectivity index (χ1n) is 5.82. The van der Waals surface area contributed by atoms with Crippen molar-refractivity contribution in [2.24, 2.45) is 5.73 Å². The van der Waals surface area contributed by atoms with Gasteiger partial charge in [-0.05, 0) is 19.1 Å². The number of hydrogen-bond acceptors (Lipinski definition) is 2. The molecule has 0 aliphatic carbocycles. The Kier molecular flexibility index (Phi) is 3.99. The molecule has 3 nitrogen and oxygen atoms in total. The highest BCUT2D eigenvalue weighted by Crippen LogP contribution is 2.21. The molecule has 1 aromatic heterocycles. The quantitative estimate of drug-likeness (QED) is 0.926. The van der Waals surface area contributed by atoms with E-state index in [9.17, 15) is 4.39 Å². The van der Waals surface area contributed by atoms with E-state index in [4.69, 9.17) is 17.3 Å². The molecule has 0 fully saturated rings. The molecule has 0 saturated heterocycles. The topological polar surface area (TPSA) is 43.8 Å². The van der Waals surface area contributed by atoms with Gasteiger partial charge in [-0.1, -0.05) is 17.7 Å². The SMILES string of the molecule is CCn1ccnc1CC(N)c1ccc(Cl)cc1F. The van der Waals surface area contributed by atoms with Crippen molar-refractivity contribution < 1.29 is 4.39 Å². The summed E-state index contributed by atoms with van der Waals surface area (Å²) in [5.41, 5.74) is 6.49. The van der Waals surface area contributed by atoms with Crippen molar-refractivity contribution in [1.29, 1.82) is 0 Å². The van der Waals surface area contributed by atoms with Crippen LogP contribution in [0.2, 0.25) is 5.02 Å². The number of hydrogen-bond donors (Lipinski definition) is 1. The summed E-state index contributed by atoms with van der Waals surface area (Å²) in [5.74, 6) is 0.490. The highest BCUT2D eigenvalue weighted by Gasteiger charge is 2.14. The van der Waals surface area contributed by atoms with Crippen molar-refractivity contribution >= 4 is 11.6 Å². The molecule has 0 radical (unpaired) electrons. The second-order valence-electron chi connectivity index (χ2n) is 4.11. The minimum atomic E-state index is -0.421. The standard InChI is InChI=1S/C13H15ClFN3/c1-2-18-6-5-17-13(18)8-12(16)10-4-3-9(14)7-11(10)15/h3-7,12H,2,8,16H2,1H3. The fourth-order valence-electron chi connectivity index (χ4n) is 1.93. The molecule has 0 aliphatic heterocycles. The number of nitrogens with zero attached hydrogens (tertiary/aromatic N) is 2. The van der Waals surface area contributed by atoms with E-state index in [-0.39, 0.29) is 5.82 Å². The molecule has 1 heterocycles. The number of aromatic nitrogens is 2. The zero-order chi connectivity index (χ0) is 13.1. The Morgan fingerprint density at radius 2 is 2.28 bits per heavy atom. The van der Waals surface area contributed by atoms with Gasteiger partial charge in [-0.2, -0.15) is 0 Å². The van der Waals surface area contributed by atoms with Gasteiger partial charge in [0.1, 0.15) is 11.6 Å². The average molecular weight is 268 g/mol. The van der Waals surface area contributed by atoms with Crippen molar-refractivity contribution in [2.45, 2.75) is 25.9 Å². The summed E-state index contributed by atoms with van der Waals surface area (Å²) >= 11 is 5.71. The van der Waals surface area contributed by atoms with E-state index >= 15 is 0 Å². The molecule has 2 N–H and O–H groups in total. The van der Waals surface area contributed by atoms with Crippen LogP contribution >= 0.6 is 11.6 Å². The molecule has 0 saturated carbocycles. The summed E-state index contributed by atoms with van der Waals surface area (Å²) in [7, 11) is 0. The lowest BCUT2D eigenvalue weighted by Gasteiger charge is -2.13. The molecule has 0 aliphatic rings. The third kappa shape index (κ3) is 2.71. The van der Waals surface area contributed by atoms with Gasteiger partial charge < -0.3 is 10.3 Å². The van der Waals surface area contributed by atoms with E-state index in [1.54, 1.807) is 18.3 Å². The second kappa shape index (κ2) is 5.50. The smallest absolute Gasteiger partial charge is 0.129 e. The zero-order valence-corrected chi connectivity index (χ0v) is 10.9. The molecule has 18 heavy (non-hydrogen) atoms. The van der Waals surface area contributed by atoms with Crippen LogP contribution in [0.15, 0.2) is 30.6 Å². The van der Waals surface area contributed by atoms with E-state index in [2.05, 4.69) is 4.98 Å². The van der Waals surface area contributed by atoms with E-state index in [0.717, 1.165) is 12.4 Å². The van der Waals surface area contributed by atoms with Crippen LogP contribution in [0.5, 0.6) is 0 Å². The molecule has 5 heteroatoms. The Bertz CT molecular complexity index is 539. The molecule has 0 spiro atoms. The van der Waals surface area contributed by atoms with Crippen LogP contribution in [-0.2, 0) is 13.0 Å². The first-order chi connectivity index (χ1) is 8.61. The van der Waals surface area contributed by atoms with Crippen LogP contribution in [-0.4, -0.2) is 9.55 Å². The van der Waals surface area contributed by atoms with E-state index in [1.165, 1.54) is 6.07 Å². The Morgan fingerprint density at radius 3 is 2.94 bits per heavy atom. The summed E-state index contributed by atoms with van der Waals surface area (Å²) in [6.07, 6.45) is 4.11. The van der Waals surface area contributed by atoms with Gasteiger partial charge in [0.2, 0.25) is 0 Å². The lowest BCUT2D eigenvalue weighted by atomic mass is 10.0. The van der Waals surface area contributed by atoms with E-state index in [0.29, 0.717) is 17.0 Å². The number of benzene rings is 1. The Balaban J connectivity index is 2.19. The first-order valence-corrected chi connectivity index (χ1v) is 6.20. The predicted octanol–water partition coefficient (Wildman–Crippen LogP) is 2.94. The van der Waals surface area contributed by atoms with Crippen molar-refractivity contribution in [3.05, 3.63) is 52.8 Å². The number of nitrogens with two attached hydrogens (primary N) is 1. The molecule has 96 valence electrons. The van der Waals surface area contributed by atoms with Crippen LogP contribution < -0.4 is 5.73 Å². The molecule has 1 unspecified atom stereocenters. The van der Waals surface area contributed by atoms with Crippen molar-refractivity contribution in [1.82, 2.24) is 9.55 Å². The van der Waals surface area contributed by atoms with E-state index < -0.39 is 6.04 Å². The molecule has 2 rings (SSSR count). The molecule has 0 bridgehead atoms. The number of rotatable bonds is 4. The van der Waals surface area contributed by atoms with Crippen molar-refractivity contribution in [2.75, 3.05) is 0 Å². The minimum absolute atomic E-state index is 0.371. The Hall–Kier alpha value is -1.39. The van der Waals surface area contributed by atoms with Crippen LogP contribution in [0.4, 0.5) is 4.39 Å². The fraction of sp³-hybridized carbons (Fsp3) is 0.308. The highest BCUT2D eigenvalue weighted by atomic mass is 35.5. The van der Waals surface area contributed by atoms with Crippen LogP contribution in [0.25, 0.3) is 0 Å². The largest absolute Gasteiger partial charge is 0.335 e. The molecule has 1 atom stereocenters.